The quantitative estimate of drug-likeness (QED) is 0.833. The Balaban J connectivity index is 2.26. The molecule has 0 unspecified atom stereocenters. The average Bonchev–Trinajstić information content (AvgIpc) is 3.00. The number of alkyl halides is 3. The van der Waals surface area contributed by atoms with Crippen molar-refractivity contribution in [1.29, 1.82) is 0 Å². The van der Waals surface area contributed by atoms with Crippen LogP contribution in [0.3, 0.4) is 0 Å². The number of para-hydroxylation sites is 1. The first-order valence-electron chi connectivity index (χ1n) is 6.89. The smallest absolute Gasteiger partial charge is 0.416 e. The molecule has 0 atom stereocenters. The predicted molar refractivity (Wildman–Crippen MR) is 78.6 cm³/mol. The predicted octanol–water partition coefficient (Wildman–Crippen LogP) is 4.49. The molecule has 1 heterocycles. The topological polar surface area (TPSA) is 27.7 Å². The number of hydrogen-bond donors (Lipinski definition) is 0. The molecule has 3 nitrogen and oxygen atoms in total. The van der Waals surface area contributed by atoms with Crippen molar-refractivity contribution in [2.24, 2.45) is 0 Å². The molecule has 1 aliphatic heterocycles. The Morgan fingerprint density at radius 2 is 1.83 bits per heavy atom. The third-order valence-corrected chi connectivity index (χ3v) is 3.69. The Hall–Kier alpha value is -2.37. The maximum absolute atomic E-state index is 13.2. The fraction of sp³-hybridized carbons (Fsp3) is 0.235. The van der Waals surface area contributed by atoms with Gasteiger partial charge in [-0.25, -0.2) is 0 Å². The summed E-state index contributed by atoms with van der Waals surface area (Å²) >= 11 is 0. The molecule has 0 saturated carbocycles. The number of methoxy groups -OCH3 is 2. The fourth-order valence-corrected chi connectivity index (χ4v) is 2.66. The van der Waals surface area contributed by atoms with Gasteiger partial charge in [0, 0.05) is 17.5 Å². The van der Waals surface area contributed by atoms with Gasteiger partial charge in [-0.1, -0.05) is 12.1 Å². The zero-order chi connectivity index (χ0) is 16.6. The summed E-state index contributed by atoms with van der Waals surface area (Å²) in [5.74, 6) is 1.23. The van der Waals surface area contributed by atoms with Crippen LogP contribution in [0.1, 0.15) is 11.1 Å². The Morgan fingerprint density at radius 3 is 2.48 bits per heavy atom. The Bertz CT molecular complexity index is 739. The highest BCUT2D eigenvalue weighted by molar-refractivity contribution is 5.80. The van der Waals surface area contributed by atoms with Crippen LogP contribution in [0.4, 0.5) is 13.2 Å². The van der Waals surface area contributed by atoms with Crippen LogP contribution in [0.25, 0.3) is 11.1 Å². The molecule has 0 aliphatic carbocycles. The molecule has 2 aromatic carbocycles. The van der Waals surface area contributed by atoms with Crippen molar-refractivity contribution in [2.75, 3.05) is 14.2 Å². The zero-order valence-electron chi connectivity index (χ0n) is 12.5. The Kier molecular flexibility index (Phi) is 3.83. The van der Waals surface area contributed by atoms with E-state index < -0.39 is 11.7 Å². The van der Waals surface area contributed by atoms with E-state index in [4.69, 9.17) is 14.2 Å². The minimum Gasteiger partial charge on any atom is -0.493 e. The van der Waals surface area contributed by atoms with Gasteiger partial charge in [0.2, 0.25) is 0 Å². The number of halogens is 3. The molecule has 0 N–H and O–H groups in total. The molecule has 121 valence electrons. The highest BCUT2D eigenvalue weighted by Gasteiger charge is 2.34. The average molecular weight is 323 g/mol. The van der Waals surface area contributed by atoms with Crippen molar-refractivity contribution in [3.8, 4) is 28.4 Å². The molecule has 0 fully saturated rings. The molecule has 0 bridgehead atoms. The number of fused-ring (bicyclic) bond motifs is 1. The third kappa shape index (κ3) is 2.69. The van der Waals surface area contributed by atoms with Crippen LogP contribution in [0.2, 0.25) is 0 Å². The second-order valence-corrected chi connectivity index (χ2v) is 5.04. The highest BCUT2D eigenvalue weighted by atomic mass is 19.4. The first-order valence-corrected chi connectivity index (χ1v) is 6.89. The summed E-state index contributed by atoms with van der Waals surface area (Å²) in [5, 5.41) is 0. The van der Waals surface area contributed by atoms with E-state index in [0.717, 1.165) is 12.1 Å². The van der Waals surface area contributed by atoms with Gasteiger partial charge in [-0.05, 0) is 23.8 Å². The number of rotatable bonds is 3. The molecule has 0 aromatic heterocycles. The van der Waals surface area contributed by atoms with Crippen molar-refractivity contribution >= 4 is 0 Å². The Morgan fingerprint density at radius 1 is 1.04 bits per heavy atom. The molecule has 23 heavy (non-hydrogen) atoms. The van der Waals surface area contributed by atoms with Gasteiger partial charge in [0.05, 0.1) is 19.8 Å². The van der Waals surface area contributed by atoms with Crippen LogP contribution in [0.15, 0.2) is 30.3 Å². The van der Waals surface area contributed by atoms with Gasteiger partial charge in [-0.3, -0.25) is 0 Å². The monoisotopic (exact) mass is 323 g/mol. The lowest BCUT2D eigenvalue weighted by atomic mass is 9.96. The summed E-state index contributed by atoms with van der Waals surface area (Å²) in [6, 6.07) is 7.26. The summed E-state index contributed by atoms with van der Waals surface area (Å²) in [6.07, 6.45) is -4.10. The minimum atomic E-state index is -4.43. The van der Waals surface area contributed by atoms with E-state index in [1.807, 2.05) is 0 Å². The molecule has 1 aliphatic rings. The standard InChI is InChI=1S/C17H14F3O3/c1-21-14-5-3-4-12(16(14)22-2)13-9-11(17(18,19)20)8-10-6-7-23-15(10)13/h3-5,7-9H,6H2,1-2H3. The number of benzene rings is 2. The van der Waals surface area contributed by atoms with Crippen molar-refractivity contribution in [1.82, 2.24) is 0 Å². The molecule has 0 saturated heterocycles. The van der Waals surface area contributed by atoms with Gasteiger partial charge in [0.15, 0.2) is 11.5 Å². The second-order valence-electron chi connectivity index (χ2n) is 5.04. The van der Waals surface area contributed by atoms with Crippen molar-refractivity contribution in [2.45, 2.75) is 12.6 Å². The van der Waals surface area contributed by atoms with Gasteiger partial charge in [0.25, 0.3) is 0 Å². The molecule has 2 aromatic rings. The van der Waals surface area contributed by atoms with Gasteiger partial charge < -0.3 is 14.2 Å². The van der Waals surface area contributed by atoms with Gasteiger partial charge in [-0.2, -0.15) is 13.2 Å². The second kappa shape index (κ2) is 5.68. The molecule has 6 heteroatoms. The zero-order valence-corrected chi connectivity index (χ0v) is 12.5. The SMILES string of the molecule is COc1cccc(-c2cc(C(F)(F)F)cc3c2O[CH]C3)c1OC. The first kappa shape index (κ1) is 15.5. The molecule has 0 amide bonds. The van der Waals surface area contributed by atoms with E-state index in [2.05, 4.69) is 0 Å². The van der Waals surface area contributed by atoms with E-state index in [9.17, 15) is 13.2 Å². The highest BCUT2D eigenvalue weighted by Crippen LogP contribution is 2.47. The van der Waals surface area contributed by atoms with Crippen molar-refractivity contribution in [3.05, 3.63) is 48.1 Å². The first-order chi connectivity index (χ1) is 11.0. The summed E-state index contributed by atoms with van der Waals surface area (Å²) in [7, 11) is 2.92. The maximum atomic E-state index is 13.2. The van der Waals surface area contributed by atoms with Crippen LogP contribution >= 0.6 is 0 Å². The molecule has 1 radical (unpaired) electrons. The summed E-state index contributed by atoms with van der Waals surface area (Å²) in [6.45, 7) is 1.49. The van der Waals surface area contributed by atoms with E-state index >= 15 is 0 Å². The lowest BCUT2D eigenvalue weighted by Gasteiger charge is -2.17. The summed E-state index contributed by atoms with van der Waals surface area (Å²) < 4.78 is 55.5. The van der Waals surface area contributed by atoms with Gasteiger partial charge >= 0.3 is 6.18 Å². The molecular formula is C17H14F3O3. The number of hydrogen-bond acceptors (Lipinski definition) is 3. The van der Waals surface area contributed by atoms with Gasteiger partial charge in [0.1, 0.15) is 12.4 Å². The number of ether oxygens (including phenoxy) is 3. The fourth-order valence-electron chi connectivity index (χ4n) is 2.66. The normalized spacial score (nSPS) is 13.4. The minimum absolute atomic E-state index is 0.332. The van der Waals surface area contributed by atoms with Crippen molar-refractivity contribution < 1.29 is 27.4 Å². The largest absolute Gasteiger partial charge is 0.493 e. The lowest BCUT2D eigenvalue weighted by Crippen LogP contribution is -2.06. The Labute approximate surface area is 131 Å². The van der Waals surface area contributed by atoms with Crippen LogP contribution in [-0.2, 0) is 12.6 Å². The molecule has 3 rings (SSSR count). The van der Waals surface area contributed by atoms with Gasteiger partial charge in [-0.15, -0.1) is 0 Å². The van der Waals surface area contributed by atoms with Crippen LogP contribution in [0.5, 0.6) is 17.2 Å². The van der Waals surface area contributed by atoms with Crippen LogP contribution in [-0.4, -0.2) is 14.2 Å². The summed E-state index contributed by atoms with van der Waals surface area (Å²) in [5.41, 5.74) is 0.610. The van der Waals surface area contributed by atoms with Crippen molar-refractivity contribution in [3.63, 3.8) is 0 Å². The molecule has 0 spiro atoms. The van der Waals surface area contributed by atoms with E-state index in [0.29, 0.717) is 40.4 Å². The van der Waals surface area contributed by atoms with E-state index in [1.54, 1.807) is 18.2 Å². The summed E-state index contributed by atoms with van der Waals surface area (Å²) in [4.78, 5) is 0. The van der Waals surface area contributed by atoms with E-state index in [1.165, 1.54) is 20.8 Å². The van der Waals surface area contributed by atoms with E-state index in [-0.39, 0.29) is 0 Å². The molecular weight excluding hydrogens is 309 g/mol. The lowest BCUT2D eigenvalue weighted by molar-refractivity contribution is -0.137. The maximum Gasteiger partial charge on any atom is 0.416 e. The van der Waals surface area contributed by atoms with Crippen LogP contribution < -0.4 is 14.2 Å². The third-order valence-electron chi connectivity index (χ3n) is 3.69. The van der Waals surface area contributed by atoms with Crippen LogP contribution in [0, 0.1) is 6.61 Å².